The average molecular weight is 255 g/mol. The quantitative estimate of drug-likeness (QED) is 0.810. The molecule has 1 unspecified atom stereocenters. The van der Waals surface area contributed by atoms with Crippen LogP contribution in [0.4, 0.5) is 5.95 Å². The van der Waals surface area contributed by atoms with Crippen molar-refractivity contribution in [3.63, 3.8) is 0 Å². The van der Waals surface area contributed by atoms with Gasteiger partial charge in [-0.2, -0.15) is 11.8 Å². The maximum absolute atomic E-state index is 4.53. The summed E-state index contributed by atoms with van der Waals surface area (Å²) in [7, 11) is 0. The van der Waals surface area contributed by atoms with E-state index in [1.54, 1.807) is 0 Å². The predicted molar refractivity (Wildman–Crippen MR) is 77.9 cm³/mol. The second kappa shape index (κ2) is 6.94. The molecule has 3 nitrogen and oxygen atoms in total. The van der Waals surface area contributed by atoms with Gasteiger partial charge >= 0.3 is 0 Å². The zero-order chi connectivity index (χ0) is 12.8. The maximum atomic E-state index is 4.53. The number of nitrogens with zero attached hydrogens (tertiary/aromatic N) is 2. The summed E-state index contributed by atoms with van der Waals surface area (Å²) in [6.07, 6.45) is 5.49. The van der Waals surface area contributed by atoms with Gasteiger partial charge in [-0.25, -0.2) is 4.98 Å². The minimum atomic E-state index is 0.644. The highest BCUT2D eigenvalue weighted by Gasteiger charge is 2.07. The van der Waals surface area contributed by atoms with Gasteiger partial charge in [-0.3, -0.25) is 0 Å². The van der Waals surface area contributed by atoms with Gasteiger partial charge in [0, 0.05) is 24.5 Å². The topological polar surface area (TPSA) is 29.9 Å². The van der Waals surface area contributed by atoms with Gasteiger partial charge < -0.3 is 9.88 Å². The molecule has 0 aliphatic heterocycles. The van der Waals surface area contributed by atoms with E-state index in [1.807, 2.05) is 11.8 Å². The zero-order valence-electron chi connectivity index (χ0n) is 11.7. The highest BCUT2D eigenvalue weighted by atomic mass is 32.2. The van der Waals surface area contributed by atoms with Gasteiger partial charge in [-0.05, 0) is 25.5 Å². The van der Waals surface area contributed by atoms with Crippen LogP contribution in [0.2, 0.25) is 0 Å². The first-order chi connectivity index (χ1) is 8.02. The van der Waals surface area contributed by atoms with E-state index < -0.39 is 0 Å². The number of aryl methyl sites for hydroxylation is 2. The molecular formula is C13H25N3S. The van der Waals surface area contributed by atoms with Gasteiger partial charge in [-0.15, -0.1) is 0 Å². The molecule has 0 aliphatic rings. The van der Waals surface area contributed by atoms with Crippen LogP contribution in [0.5, 0.6) is 0 Å². The summed E-state index contributed by atoms with van der Waals surface area (Å²) >= 11 is 1.92. The number of nitrogens with one attached hydrogen (secondary N) is 1. The number of anilines is 1. The highest BCUT2D eigenvalue weighted by molar-refractivity contribution is 7.99. The van der Waals surface area contributed by atoms with Crippen molar-refractivity contribution >= 4 is 17.7 Å². The minimum absolute atomic E-state index is 0.644. The zero-order valence-corrected chi connectivity index (χ0v) is 12.5. The summed E-state index contributed by atoms with van der Waals surface area (Å²) in [5, 5.41) is 4.12. The van der Waals surface area contributed by atoms with E-state index in [2.05, 4.69) is 55.0 Å². The molecule has 98 valence electrons. The Morgan fingerprint density at radius 2 is 2.12 bits per heavy atom. The monoisotopic (exact) mass is 255 g/mol. The smallest absolute Gasteiger partial charge is 0.203 e. The Bertz CT molecular complexity index is 333. The molecule has 1 aromatic heterocycles. The molecule has 17 heavy (non-hydrogen) atoms. The van der Waals surface area contributed by atoms with Gasteiger partial charge in [0.25, 0.3) is 0 Å². The number of thioether (sulfide) groups is 1. The van der Waals surface area contributed by atoms with Crippen molar-refractivity contribution in [1.82, 2.24) is 9.55 Å². The molecule has 1 atom stereocenters. The molecule has 0 spiro atoms. The lowest BCUT2D eigenvalue weighted by Crippen LogP contribution is -2.13. The Labute approximate surface area is 109 Å². The lowest BCUT2D eigenvalue weighted by Gasteiger charge is -2.13. The molecule has 0 aromatic carbocycles. The van der Waals surface area contributed by atoms with Crippen molar-refractivity contribution in [3.05, 3.63) is 11.9 Å². The fraction of sp³-hybridized carbons (Fsp3) is 0.769. The van der Waals surface area contributed by atoms with Gasteiger partial charge in [0.1, 0.15) is 0 Å². The Morgan fingerprint density at radius 3 is 2.71 bits per heavy atom. The van der Waals surface area contributed by atoms with Crippen molar-refractivity contribution in [2.45, 2.75) is 45.9 Å². The number of rotatable bonds is 7. The van der Waals surface area contributed by atoms with Crippen LogP contribution in [-0.4, -0.2) is 27.6 Å². The highest BCUT2D eigenvalue weighted by Crippen LogP contribution is 2.15. The van der Waals surface area contributed by atoms with Crippen LogP contribution in [0.1, 0.15) is 32.9 Å². The molecule has 1 rings (SSSR count). The Morgan fingerprint density at radius 1 is 1.41 bits per heavy atom. The van der Waals surface area contributed by atoms with Crippen LogP contribution in [0.15, 0.2) is 6.20 Å². The standard InChI is InChI=1S/C13H25N3S/c1-10(2)8-14-13-15-11(3)9-16(13)7-6-12(4)17-5/h9-10,12H,6-8H2,1-5H3,(H,14,15). The third-order valence-electron chi connectivity index (χ3n) is 2.74. The predicted octanol–water partition coefficient (Wildman–Crippen LogP) is 3.40. The fourth-order valence-corrected chi connectivity index (χ4v) is 1.93. The summed E-state index contributed by atoms with van der Waals surface area (Å²) < 4.78 is 2.24. The van der Waals surface area contributed by atoms with Crippen molar-refractivity contribution in [2.75, 3.05) is 18.1 Å². The van der Waals surface area contributed by atoms with Gasteiger partial charge in [-0.1, -0.05) is 20.8 Å². The number of hydrogen-bond acceptors (Lipinski definition) is 3. The molecule has 0 aliphatic carbocycles. The third kappa shape index (κ3) is 5.02. The second-order valence-corrected chi connectivity index (χ2v) is 6.29. The number of imidazole rings is 1. The van der Waals surface area contributed by atoms with Crippen LogP contribution in [-0.2, 0) is 6.54 Å². The molecule has 0 bridgehead atoms. The van der Waals surface area contributed by atoms with Crippen molar-refractivity contribution in [2.24, 2.45) is 5.92 Å². The molecular weight excluding hydrogens is 230 g/mol. The van der Waals surface area contributed by atoms with Crippen LogP contribution in [0.25, 0.3) is 0 Å². The molecule has 4 heteroatoms. The minimum Gasteiger partial charge on any atom is -0.355 e. The summed E-state index contributed by atoms with van der Waals surface area (Å²) in [5.74, 6) is 1.66. The van der Waals surface area contributed by atoms with Crippen LogP contribution < -0.4 is 5.32 Å². The second-order valence-electron chi connectivity index (χ2n) is 5.01. The van der Waals surface area contributed by atoms with E-state index in [0.29, 0.717) is 11.2 Å². The SMILES string of the molecule is CSC(C)CCn1cc(C)nc1NCC(C)C. The van der Waals surface area contributed by atoms with Crippen LogP contribution in [0, 0.1) is 12.8 Å². The van der Waals surface area contributed by atoms with E-state index in [9.17, 15) is 0 Å². The van der Waals surface area contributed by atoms with E-state index >= 15 is 0 Å². The summed E-state index contributed by atoms with van der Waals surface area (Å²) in [6.45, 7) is 10.8. The van der Waals surface area contributed by atoms with E-state index in [-0.39, 0.29) is 0 Å². The van der Waals surface area contributed by atoms with Crippen molar-refractivity contribution in [1.29, 1.82) is 0 Å². The third-order valence-corrected chi connectivity index (χ3v) is 3.78. The summed E-state index contributed by atoms with van der Waals surface area (Å²) in [4.78, 5) is 4.53. The van der Waals surface area contributed by atoms with Crippen molar-refractivity contribution in [3.8, 4) is 0 Å². The first-order valence-corrected chi connectivity index (χ1v) is 7.62. The van der Waals surface area contributed by atoms with Gasteiger partial charge in [0.2, 0.25) is 5.95 Å². The number of aromatic nitrogens is 2. The largest absolute Gasteiger partial charge is 0.355 e. The lowest BCUT2D eigenvalue weighted by atomic mass is 10.2. The molecule has 0 amide bonds. The Hall–Kier alpha value is -0.640. The summed E-state index contributed by atoms with van der Waals surface area (Å²) in [6, 6.07) is 0. The van der Waals surface area contributed by atoms with E-state index in [1.165, 1.54) is 6.42 Å². The summed E-state index contributed by atoms with van der Waals surface area (Å²) in [5.41, 5.74) is 1.09. The van der Waals surface area contributed by atoms with Crippen LogP contribution in [0.3, 0.4) is 0 Å². The maximum Gasteiger partial charge on any atom is 0.203 e. The molecule has 1 aromatic rings. The molecule has 0 saturated heterocycles. The van der Waals surface area contributed by atoms with E-state index in [4.69, 9.17) is 0 Å². The van der Waals surface area contributed by atoms with Gasteiger partial charge in [0.05, 0.1) is 5.69 Å². The van der Waals surface area contributed by atoms with E-state index in [0.717, 1.165) is 24.7 Å². The Balaban J connectivity index is 2.57. The number of hydrogen-bond donors (Lipinski definition) is 1. The van der Waals surface area contributed by atoms with Crippen LogP contribution >= 0.6 is 11.8 Å². The molecule has 1 heterocycles. The first kappa shape index (κ1) is 14.4. The lowest BCUT2D eigenvalue weighted by molar-refractivity contribution is 0.631. The molecule has 0 saturated carbocycles. The Kier molecular flexibility index (Phi) is 5.89. The molecule has 1 N–H and O–H groups in total. The normalized spacial score (nSPS) is 13.1. The molecule has 0 radical (unpaired) electrons. The molecule has 0 fully saturated rings. The van der Waals surface area contributed by atoms with Gasteiger partial charge in [0.15, 0.2) is 0 Å². The fourth-order valence-electron chi connectivity index (χ4n) is 1.59. The average Bonchev–Trinajstić information content (AvgIpc) is 2.63. The van der Waals surface area contributed by atoms with Crippen molar-refractivity contribution < 1.29 is 0 Å². The first-order valence-electron chi connectivity index (χ1n) is 6.33.